The smallest absolute Gasteiger partial charge is 0.227 e. The molecule has 0 unspecified atom stereocenters. The first-order valence-corrected chi connectivity index (χ1v) is 7.99. The van der Waals surface area contributed by atoms with Gasteiger partial charge in [0.2, 0.25) is 11.9 Å². The predicted octanol–water partition coefficient (Wildman–Crippen LogP) is 2.28. The lowest BCUT2D eigenvalue weighted by Crippen LogP contribution is -2.22. The van der Waals surface area contributed by atoms with Crippen LogP contribution in [0.3, 0.4) is 0 Å². The van der Waals surface area contributed by atoms with Crippen LogP contribution < -0.4 is 9.80 Å². The van der Waals surface area contributed by atoms with Crippen LogP contribution in [-0.2, 0) is 0 Å². The fourth-order valence-electron chi connectivity index (χ4n) is 3.06. The van der Waals surface area contributed by atoms with Crippen LogP contribution in [0.25, 0.3) is 11.0 Å². The van der Waals surface area contributed by atoms with E-state index < -0.39 is 0 Å². The van der Waals surface area contributed by atoms with Gasteiger partial charge < -0.3 is 14.8 Å². The monoisotopic (exact) mass is 302 g/mol. The molecule has 0 aromatic carbocycles. The Morgan fingerprint density at radius 1 is 0.952 bits per heavy atom. The highest BCUT2D eigenvalue weighted by Gasteiger charge is 2.18. The number of anilines is 2. The van der Waals surface area contributed by atoms with Crippen LogP contribution in [0.5, 0.6) is 0 Å². The van der Waals surface area contributed by atoms with Gasteiger partial charge in [-0.15, -0.1) is 0 Å². The number of hydrogen-bond donors (Lipinski definition) is 1. The van der Waals surface area contributed by atoms with Crippen LogP contribution in [0.1, 0.15) is 25.7 Å². The summed E-state index contributed by atoms with van der Waals surface area (Å²) >= 11 is 5.40. The van der Waals surface area contributed by atoms with E-state index in [0.29, 0.717) is 4.64 Å². The second-order valence-corrected chi connectivity index (χ2v) is 6.07. The molecule has 0 atom stereocenters. The molecular formula is C14H18N6S. The zero-order valence-corrected chi connectivity index (χ0v) is 12.7. The van der Waals surface area contributed by atoms with Gasteiger partial charge in [-0.2, -0.15) is 4.98 Å². The highest BCUT2D eigenvalue weighted by Crippen LogP contribution is 2.21. The number of H-pyrrole nitrogens is 1. The van der Waals surface area contributed by atoms with Crippen molar-refractivity contribution in [2.45, 2.75) is 25.7 Å². The van der Waals surface area contributed by atoms with Gasteiger partial charge in [-0.25, -0.2) is 9.97 Å². The Labute approximate surface area is 128 Å². The zero-order chi connectivity index (χ0) is 14.2. The van der Waals surface area contributed by atoms with Crippen molar-refractivity contribution in [3.63, 3.8) is 0 Å². The number of rotatable bonds is 2. The van der Waals surface area contributed by atoms with E-state index in [-0.39, 0.29) is 0 Å². The molecule has 4 rings (SSSR count). The summed E-state index contributed by atoms with van der Waals surface area (Å²) in [6, 6.07) is 0. The maximum atomic E-state index is 5.40. The molecule has 21 heavy (non-hydrogen) atoms. The first-order chi connectivity index (χ1) is 10.3. The van der Waals surface area contributed by atoms with E-state index in [1.165, 1.54) is 25.7 Å². The number of aromatic amines is 1. The quantitative estimate of drug-likeness (QED) is 0.859. The fraction of sp³-hybridized carbons (Fsp3) is 0.571. The second kappa shape index (κ2) is 5.22. The van der Waals surface area contributed by atoms with Gasteiger partial charge in [-0.3, -0.25) is 0 Å². The highest BCUT2D eigenvalue weighted by atomic mass is 32.1. The number of hydrogen-bond acceptors (Lipinski definition) is 6. The molecule has 2 saturated heterocycles. The summed E-state index contributed by atoms with van der Waals surface area (Å²) in [6.07, 6.45) is 6.65. The van der Waals surface area contributed by atoms with E-state index in [0.717, 1.165) is 49.1 Å². The summed E-state index contributed by atoms with van der Waals surface area (Å²) < 4.78 is 0.582. The molecule has 0 saturated carbocycles. The lowest BCUT2D eigenvalue weighted by molar-refractivity contribution is 0.886. The Bertz CT molecular complexity index is 710. The van der Waals surface area contributed by atoms with Crippen molar-refractivity contribution in [1.29, 1.82) is 0 Å². The van der Waals surface area contributed by atoms with Crippen LogP contribution in [-0.4, -0.2) is 46.1 Å². The molecule has 7 heteroatoms. The number of nitrogens with one attached hydrogen (secondary N) is 1. The second-order valence-electron chi connectivity index (χ2n) is 5.69. The van der Waals surface area contributed by atoms with Crippen LogP contribution in [0.2, 0.25) is 0 Å². The topological polar surface area (TPSA) is 60.9 Å². The van der Waals surface area contributed by atoms with Crippen molar-refractivity contribution in [3.8, 4) is 0 Å². The first kappa shape index (κ1) is 12.9. The molecule has 2 aromatic heterocycles. The minimum atomic E-state index is 0.582. The molecule has 110 valence electrons. The number of nitrogens with zero attached hydrogens (tertiary/aromatic N) is 5. The molecule has 2 fully saturated rings. The van der Waals surface area contributed by atoms with E-state index in [1.54, 1.807) is 6.20 Å². The van der Waals surface area contributed by atoms with Crippen molar-refractivity contribution in [2.24, 2.45) is 0 Å². The standard InChI is InChI=1S/C14H18N6S/c21-12-10-9-15-13(19-5-1-2-6-19)16-11(10)17-14(18-12)20-7-3-4-8-20/h9H,1-8H2,(H,15,16,17,18,21). The van der Waals surface area contributed by atoms with Crippen LogP contribution in [0.4, 0.5) is 11.9 Å². The van der Waals surface area contributed by atoms with Crippen molar-refractivity contribution >= 4 is 35.1 Å². The summed E-state index contributed by atoms with van der Waals surface area (Å²) in [5.41, 5.74) is 0.800. The molecule has 0 aliphatic carbocycles. The normalized spacial score (nSPS) is 18.9. The fourth-order valence-corrected chi connectivity index (χ4v) is 3.30. The van der Waals surface area contributed by atoms with Gasteiger partial charge in [0.05, 0.1) is 5.39 Å². The average Bonchev–Trinajstić information content (AvgIpc) is 3.20. The van der Waals surface area contributed by atoms with Crippen molar-refractivity contribution in [2.75, 3.05) is 36.0 Å². The van der Waals surface area contributed by atoms with Crippen LogP contribution >= 0.6 is 12.2 Å². The minimum absolute atomic E-state index is 0.582. The number of fused-ring (bicyclic) bond motifs is 1. The largest absolute Gasteiger partial charge is 0.342 e. The minimum Gasteiger partial charge on any atom is -0.342 e. The van der Waals surface area contributed by atoms with Crippen LogP contribution in [0.15, 0.2) is 6.20 Å². The van der Waals surface area contributed by atoms with Gasteiger partial charge in [-0.05, 0) is 25.7 Å². The predicted molar refractivity (Wildman–Crippen MR) is 85.4 cm³/mol. The van der Waals surface area contributed by atoms with Gasteiger partial charge in [-0.1, -0.05) is 12.2 Å². The molecule has 0 radical (unpaired) electrons. The lowest BCUT2D eigenvalue weighted by atomic mass is 10.4. The van der Waals surface area contributed by atoms with E-state index in [9.17, 15) is 0 Å². The third-order valence-corrected chi connectivity index (χ3v) is 4.55. The molecule has 0 bridgehead atoms. The van der Waals surface area contributed by atoms with Gasteiger partial charge in [0, 0.05) is 32.4 Å². The summed E-state index contributed by atoms with van der Waals surface area (Å²) in [5.74, 6) is 1.64. The van der Waals surface area contributed by atoms with E-state index in [4.69, 9.17) is 12.2 Å². The molecule has 2 aliphatic heterocycles. The van der Waals surface area contributed by atoms with Gasteiger partial charge in [0.15, 0.2) is 0 Å². The molecule has 0 spiro atoms. The summed E-state index contributed by atoms with van der Waals surface area (Å²) in [7, 11) is 0. The van der Waals surface area contributed by atoms with E-state index in [2.05, 4.69) is 29.7 Å². The maximum absolute atomic E-state index is 5.40. The Balaban J connectivity index is 1.78. The molecule has 6 nitrogen and oxygen atoms in total. The summed E-state index contributed by atoms with van der Waals surface area (Å²) in [5, 5.41) is 0.830. The molecule has 1 N–H and O–H groups in total. The first-order valence-electron chi connectivity index (χ1n) is 7.58. The van der Waals surface area contributed by atoms with Crippen molar-refractivity contribution < 1.29 is 0 Å². The number of aromatic nitrogens is 4. The van der Waals surface area contributed by atoms with Crippen molar-refractivity contribution in [1.82, 2.24) is 19.9 Å². The SMILES string of the molecule is S=c1nc(N2CCCC2)[nH]c2nc(N3CCCC3)ncc12. The van der Waals surface area contributed by atoms with Crippen LogP contribution in [0, 0.1) is 4.64 Å². The van der Waals surface area contributed by atoms with E-state index >= 15 is 0 Å². The highest BCUT2D eigenvalue weighted by molar-refractivity contribution is 7.71. The summed E-state index contributed by atoms with van der Waals surface area (Å²) in [4.78, 5) is 21.4. The lowest BCUT2D eigenvalue weighted by Gasteiger charge is -2.17. The molecule has 4 heterocycles. The Hall–Kier alpha value is -1.76. The van der Waals surface area contributed by atoms with Gasteiger partial charge >= 0.3 is 0 Å². The summed E-state index contributed by atoms with van der Waals surface area (Å²) in [6.45, 7) is 4.15. The molecule has 2 aromatic rings. The Morgan fingerprint density at radius 2 is 1.62 bits per heavy atom. The molecular weight excluding hydrogens is 284 g/mol. The van der Waals surface area contributed by atoms with Gasteiger partial charge in [0.1, 0.15) is 10.3 Å². The Morgan fingerprint density at radius 3 is 2.33 bits per heavy atom. The van der Waals surface area contributed by atoms with Gasteiger partial charge in [0.25, 0.3) is 0 Å². The molecule has 2 aliphatic rings. The third-order valence-electron chi connectivity index (χ3n) is 4.24. The van der Waals surface area contributed by atoms with Crippen molar-refractivity contribution in [3.05, 3.63) is 10.8 Å². The maximum Gasteiger partial charge on any atom is 0.227 e. The zero-order valence-electron chi connectivity index (χ0n) is 11.9. The average molecular weight is 302 g/mol. The van der Waals surface area contributed by atoms with E-state index in [1.807, 2.05) is 0 Å². The Kier molecular flexibility index (Phi) is 3.21. The third kappa shape index (κ3) is 2.35. The molecule has 0 amide bonds.